The van der Waals surface area contributed by atoms with Gasteiger partial charge in [0, 0.05) is 5.57 Å². The van der Waals surface area contributed by atoms with E-state index in [2.05, 4.69) is 25.7 Å². The third-order valence-electron chi connectivity index (χ3n) is 3.21. The van der Waals surface area contributed by atoms with Crippen LogP contribution < -0.4 is 0 Å². The molecule has 1 unspecified atom stereocenters. The minimum absolute atomic E-state index is 0.0615. The van der Waals surface area contributed by atoms with E-state index in [1.165, 1.54) is 30.4 Å². The van der Waals surface area contributed by atoms with Crippen molar-refractivity contribution in [2.45, 2.75) is 47.0 Å². The van der Waals surface area contributed by atoms with Gasteiger partial charge in [-0.2, -0.15) is 0 Å². The Bertz CT molecular complexity index is 464. The molecule has 1 heteroatoms. The standard InChI is InChI=1S/C17H22O/c1-13(7-5-10-16(4)18)11-12-17-14(2)8-6-9-15(17)3/h5,7,10,14H,6,8-9H2,1-4H3. The van der Waals surface area contributed by atoms with Gasteiger partial charge in [-0.15, -0.1) is 0 Å². The van der Waals surface area contributed by atoms with Crippen molar-refractivity contribution in [1.82, 2.24) is 0 Å². The van der Waals surface area contributed by atoms with E-state index >= 15 is 0 Å². The highest BCUT2D eigenvalue weighted by Gasteiger charge is 2.14. The van der Waals surface area contributed by atoms with Crippen molar-refractivity contribution in [3.05, 3.63) is 34.9 Å². The lowest BCUT2D eigenvalue weighted by Gasteiger charge is -2.20. The lowest BCUT2D eigenvalue weighted by atomic mass is 9.85. The molecule has 18 heavy (non-hydrogen) atoms. The molecule has 0 radical (unpaired) electrons. The minimum atomic E-state index is 0.0615. The topological polar surface area (TPSA) is 17.1 Å². The molecular weight excluding hydrogens is 220 g/mol. The summed E-state index contributed by atoms with van der Waals surface area (Å²) in [6, 6.07) is 0. The molecule has 0 saturated carbocycles. The molecule has 0 bridgehead atoms. The second-order valence-electron chi connectivity index (χ2n) is 5.06. The van der Waals surface area contributed by atoms with Gasteiger partial charge in [0.25, 0.3) is 0 Å². The third kappa shape index (κ3) is 4.75. The summed E-state index contributed by atoms with van der Waals surface area (Å²) in [6.45, 7) is 7.96. The maximum atomic E-state index is 10.8. The van der Waals surface area contributed by atoms with Crippen LogP contribution in [0.1, 0.15) is 47.0 Å². The van der Waals surface area contributed by atoms with Gasteiger partial charge in [-0.25, -0.2) is 0 Å². The van der Waals surface area contributed by atoms with Crippen LogP contribution in [0.15, 0.2) is 34.9 Å². The number of ketones is 1. The molecule has 1 rings (SSSR count). The number of rotatable bonds is 2. The first-order chi connectivity index (χ1) is 8.50. The molecule has 0 spiro atoms. The summed E-state index contributed by atoms with van der Waals surface area (Å²) in [4.78, 5) is 10.8. The highest BCUT2D eigenvalue weighted by atomic mass is 16.1. The van der Waals surface area contributed by atoms with Crippen LogP contribution in [0.3, 0.4) is 0 Å². The van der Waals surface area contributed by atoms with E-state index in [-0.39, 0.29) is 5.78 Å². The molecule has 0 aromatic carbocycles. The Morgan fingerprint density at radius 3 is 2.72 bits per heavy atom. The highest BCUT2D eigenvalue weighted by molar-refractivity contribution is 5.87. The number of carbonyl (C=O) groups is 1. The SMILES string of the molecule is CC(=O)C=CC=C(C)C#CC1=C(C)CCCC1C. The summed E-state index contributed by atoms with van der Waals surface area (Å²) in [5, 5.41) is 0. The molecule has 1 aliphatic rings. The second-order valence-corrected chi connectivity index (χ2v) is 5.06. The number of hydrogen-bond donors (Lipinski definition) is 0. The normalized spacial score (nSPS) is 20.9. The van der Waals surface area contributed by atoms with Gasteiger partial charge in [0.15, 0.2) is 5.78 Å². The predicted molar refractivity (Wildman–Crippen MR) is 77.1 cm³/mol. The zero-order valence-corrected chi connectivity index (χ0v) is 11.8. The van der Waals surface area contributed by atoms with Crippen LogP contribution in [0, 0.1) is 17.8 Å². The Kier molecular flexibility index (Phi) is 5.65. The molecule has 96 valence electrons. The average molecular weight is 242 g/mol. The fourth-order valence-corrected chi connectivity index (χ4v) is 2.14. The fourth-order valence-electron chi connectivity index (χ4n) is 2.14. The third-order valence-corrected chi connectivity index (χ3v) is 3.21. The maximum Gasteiger partial charge on any atom is 0.152 e. The van der Waals surface area contributed by atoms with E-state index in [0.717, 1.165) is 5.57 Å². The maximum absolute atomic E-state index is 10.8. The van der Waals surface area contributed by atoms with Crippen LogP contribution in [0.4, 0.5) is 0 Å². The summed E-state index contributed by atoms with van der Waals surface area (Å²) in [7, 11) is 0. The van der Waals surface area contributed by atoms with Gasteiger partial charge in [-0.3, -0.25) is 4.79 Å². The Morgan fingerprint density at radius 2 is 2.11 bits per heavy atom. The Hall–Kier alpha value is -1.55. The quantitative estimate of drug-likeness (QED) is 0.402. The number of carbonyl (C=O) groups excluding carboxylic acids is 1. The van der Waals surface area contributed by atoms with Crippen LogP contribution in [0.2, 0.25) is 0 Å². The van der Waals surface area contributed by atoms with Gasteiger partial charge < -0.3 is 0 Å². The molecule has 1 nitrogen and oxygen atoms in total. The van der Waals surface area contributed by atoms with E-state index in [1.807, 2.05) is 13.0 Å². The zero-order chi connectivity index (χ0) is 13.5. The predicted octanol–water partition coefficient (Wildman–Crippen LogP) is 4.22. The second kappa shape index (κ2) is 7.01. The molecule has 0 N–H and O–H groups in total. The monoisotopic (exact) mass is 242 g/mol. The largest absolute Gasteiger partial charge is 0.295 e. The van der Waals surface area contributed by atoms with Gasteiger partial charge in [0.05, 0.1) is 0 Å². The van der Waals surface area contributed by atoms with Gasteiger partial charge in [0.1, 0.15) is 0 Å². The Morgan fingerprint density at radius 1 is 1.39 bits per heavy atom. The van der Waals surface area contributed by atoms with Crippen LogP contribution >= 0.6 is 0 Å². The molecule has 0 amide bonds. The minimum Gasteiger partial charge on any atom is -0.295 e. The lowest BCUT2D eigenvalue weighted by molar-refractivity contribution is -0.112. The highest BCUT2D eigenvalue weighted by Crippen LogP contribution is 2.28. The first-order valence-electron chi connectivity index (χ1n) is 6.58. The van der Waals surface area contributed by atoms with Gasteiger partial charge in [-0.05, 0) is 57.6 Å². The van der Waals surface area contributed by atoms with Crippen LogP contribution in [0.25, 0.3) is 0 Å². The van der Waals surface area contributed by atoms with E-state index in [9.17, 15) is 4.79 Å². The van der Waals surface area contributed by atoms with Crippen molar-refractivity contribution in [2.75, 3.05) is 0 Å². The van der Waals surface area contributed by atoms with E-state index in [0.29, 0.717) is 5.92 Å². The van der Waals surface area contributed by atoms with Crippen LogP contribution in [-0.4, -0.2) is 5.78 Å². The van der Waals surface area contributed by atoms with E-state index in [1.54, 1.807) is 19.1 Å². The zero-order valence-electron chi connectivity index (χ0n) is 11.8. The molecule has 0 fully saturated rings. The van der Waals surface area contributed by atoms with Crippen LogP contribution in [-0.2, 0) is 4.79 Å². The van der Waals surface area contributed by atoms with Gasteiger partial charge in [-0.1, -0.05) is 36.5 Å². The molecule has 1 atom stereocenters. The van der Waals surface area contributed by atoms with E-state index in [4.69, 9.17) is 0 Å². The molecule has 0 aliphatic heterocycles. The molecule has 0 aromatic heterocycles. The van der Waals surface area contributed by atoms with Gasteiger partial charge >= 0.3 is 0 Å². The van der Waals surface area contributed by atoms with Crippen LogP contribution in [0.5, 0.6) is 0 Å². The molecule has 0 saturated heterocycles. The molecule has 0 aromatic rings. The fraction of sp³-hybridized carbons (Fsp3) is 0.471. The Labute approximate surface area is 111 Å². The number of hydrogen-bond acceptors (Lipinski definition) is 1. The summed E-state index contributed by atoms with van der Waals surface area (Å²) in [5.41, 5.74) is 3.74. The van der Waals surface area contributed by atoms with Crippen molar-refractivity contribution < 1.29 is 4.79 Å². The molecule has 0 heterocycles. The smallest absolute Gasteiger partial charge is 0.152 e. The van der Waals surface area contributed by atoms with Crippen molar-refractivity contribution >= 4 is 5.78 Å². The van der Waals surface area contributed by atoms with Crippen molar-refractivity contribution in [3.8, 4) is 11.8 Å². The van der Waals surface area contributed by atoms with Crippen molar-refractivity contribution in [3.63, 3.8) is 0 Å². The number of allylic oxidation sites excluding steroid dienone is 6. The summed E-state index contributed by atoms with van der Waals surface area (Å²) in [6.07, 6.45) is 8.92. The van der Waals surface area contributed by atoms with E-state index < -0.39 is 0 Å². The summed E-state index contributed by atoms with van der Waals surface area (Å²) >= 11 is 0. The van der Waals surface area contributed by atoms with Crippen molar-refractivity contribution in [1.29, 1.82) is 0 Å². The summed E-state index contributed by atoms with van der Waals surface area (Å²) in [5.74, 6) is 7.13. The molecule has 1 aliphatic carbocycles. The first kappa shape index (κ1) is 14.5. The summed E-state index contributed by atoms with van der Waals surface area (Å²) < 4.78 is 0. The van der Waals surface area contributed by atoms with Gasteiger partial charge in [0.2, 0.25) is 0 Å². The average Bonchev–Trinajstić information content (AvgIpc) is 2.27. The lowest BCUT2D eigenvalue weighted by Crippen LogP contribution is -2.06. The Balaban J connectivity index is 2.78. The van der Waals surface area contributed by atoms with Crippen molar-refractivity contribution in [2.24, 2.45) is 5.92 Å². The molecular formula is C17H22O. The first-order valence-corrected chi connectivity index (χ1v) is 6.58.